The molecule has 1 aliphatic rings. The Bertz CT molecular complexity index is 1600. The van der Waals surface area contributed by atoms with Crippen LogP contribution in [0, 0.1) is 6.92 Å². The van der Waals surface area contributed by atoms with Gasteiger partial charge >= 0.3 is 0 Å². The molecule has 1 aliphatic heterocycles. The molecule has 0 bridgehead atoms. The summed E-state index contributed by atoms with van der Waals surface area (Å²) in [5.41, 5.74) is 4.49. The second kappa shape index (κ2) is 13.4. The highest BCUT2D eigenvalue weighted by atomic mass is 16.5. The van der Waals surface area contributed by atoms with Gasteiger partial charge in [0, 0.05) is 18.7 Å². The molecule has 1 unspecified atom stereocenters. The molecule has 0 spiro atoms. The van der Waals surface area contributed by atoms with Crippen LogP contribution in [0.5, 0.6) is 11.5 Å². The number of ether oxygens (including phenoxy) is 2. The number of carbonyl (C=O) groups is 2. The van der Waals surface area contributed by atoms with Crippen LogP contribution in [0.4, 0.5) is 0 Å². The van der Waals surface area contributed by atoms with Crippen molar-refractivity contribution in [2.45, 2.75) is 26.2 Å². The summed E-state index contributed by atoms with van der Waals surface area (Å²) in [7, 11) is 3.82. The van der Waals surface area contributed by atoms with E-state index in [1.165, 1.54) is 4.90 Å². The molecule has 1 N–H and O–H groups in total. The number of Topliss-reactive ketones (excluding diaryl/α,β-unsaturated/α-hetero) is 1. The van der Waals surface area contributed by atoms with Crippen molar-refractivity contribution in [3.63, 3.8) is 0 Å². The fourth-order valence-corrected chi connectivity index (χ4v) is 5.05. The van der Waals surface area contributed by atoms with E-state index in [-0.39, 0.29) is 11.3 Å². The molecule has 0 aliphatic carbocycles. The summed E-state index contributed by atoms with van der Waals surface area (Å²) in [5, 5.41) is 11.4. The lowest BCUT2D eigenvalue weighted by molar-refractivity contribution is -0.140. The molecule has 1 fully saturated rings. The molecular formula is C36H36N2O5. The lowest BCUT2D eigenvalue weighted by Gasteiger charge is -2.26. The molecule has 1 atom stereocenters. The zero-order valence-electron chi connectivity index (χ0n) is 24.7. The third-order valence-corrected chi connectivity index (χ3v) is 7.56. The molecule has 43 heavy (non-hydrogen) atoms. The van der Waals surface area contributed by atoms with E-state index in [1.54, 1.807) is 24.3 Å². The Labute approximate surface area is 252 Å². The molecule has 1 amide bonds. The molecule has 7 heteroatoms. The highest BCUT2D eigenvalue weighted by Gasteiger charge is 2.45. The lowest BCUT2D eigenvalue weighted by atomic mass is 9.95. The van der Waals surface area contributed by atoms with Crippen LogP contribution in [0.25, 0.3) is 5.76 Å². The first-order valence-electron chi connectivity index (χ1n) is 14.3. The first kappa shape index (κ1) is 29.6. The Morgan fingerprint density at radius 2 is 1.40 bits per heavy atom. The third-order valence-electron chi connectivity index (χ3n) is 7.56. The van der Waals surface area contributed by atoms with Crippen LogP contribution in [-0.4, -0.2) is 53.8 Å². The number of likely N-dealkylation sites (N-methyl/N-ethyl adjacent to an activating group) is 1. The van der Waals surface area contributed by atoms with Crippen LogP contribution in [0.3, 0.4) is 0 Å². The predicted octanol–water partition coefficient (Wildman–Crippen LogP) is 6.14. The number of rotatable bonds is 11. The zero-order valence-corrected chi connectivity index (χ0v) is 24.7. The van der Waals surface area contributed by atoms with Crippen molar-refractivity contribution in [1.82, 2.24) is 9.80 Å². The van der Waals surface area contributed by atoms with Gasteiger partial charge in [-0.1, -0.05) is 66.7 Å². The van der Waals surface area contributed by atoms with E-state index in [0.717, 1.165) is 16.7 Å². The van der Waals surface area contributed by atoms with Gasteiger partial charge in [0.05, 0.1) is 11.6 Å². The van der Waals surface area contributed by atoms with Crippen LogP contribution in [0.15, 0.2) is 109 Å². The van der Waals surface area contributed by atoms with E-state index in [2.05, 4.69) is 0 Å². The fourth-order valence-electron chi connectivity index (χ4n) is 5.05. The summed E-state index contributed by atoms with van der Waals surface area (Å²) in [6, 6.07) is 31.4. The zero-order chi connectivity index (χ0) is 30.3. The van der Waals surface area contributed by atoms with Gasteiger partial charge in [0.15, 0.2) is 0 Å². The standard InChI is InChI=1S/C36H36N2O5/c1-25-9-7-8-12-29(25)24-43-31-19-15-28(16-20-31)34(39)32-33(38(22-21-37(2)3)36(41)35(32)40)27-13-17-30(18-14-27)42-23-26-10-5-4-6-11-26/h4-20,33,39H,21-24H2,1-3H3. The Morgan fingerprint density at radius 3 is 2.05 bits per heavy atom. The van der Waals surface area contributed by atoms with Gasteiger partial charge < -0.3 is 24.4 Å². The van der Waals surface area contributed by atoms with Gasteiger partial charge in [-0.15, -0.1) is 0 Å². The molecule has 1 saturated heterocycles. The Morgan fingerprint density at radius 1 is 0.791 bits per heavy atom. The SMILES string of the molecule is Cc1ccccc1COc1ccc(C(O)=C2C(=O)C(=O)N(CCN(C)C)C2c2ccc(OCc3ccccc3)cc2)cc1. The first-order chi connectivity index (χ1) is 20.8. The second-order valence-electron chi connectivity index (χ2n) is 10.9. The van der Waals surface area contributed by atoms with Crippen LogP contribution in [0.1, 0.15) is 33.9 Å². The quantitative estimate of drug-likeness (QED) is 0.131. The lowest BCUT2D eigenvalue weighted by Crippen LogP contribution is -2.35. The normalized spacial score (nSPS) is 16.1. The number of amides is 1. The maximum Gasteiger partial charge on any atom is 0.295 e. The number of benzene rings is 4. The molecule has 1 heterocycles. The molecule has 0 aromatic heterocycles. The maximum atomic E-state index is 13.4. The van der Waals surface area contributed by atoms with Gasteiger partial charge in [0.2, 0.25) is 0 Å². The molecule has 7 nitrogen and oxygen atoms in total. The van der Waals surface area contributed by atoms with Crippen LogP contribution in [0.2, 0.25) is 0 Å². The van der Waals surface area contributed by atoms with Crippen molar-refractivity contribution in [2.24, 2.45) is 0 Å². The summed E-state index contributed by atoms with van der Waals surface area (Å²) in [6.45, 7) is 3.77. The van der Waals surface area contributed by atoms with E-state index in [9.17, 15) is 14.7 Å². The number of aryl methyl sites for hydroxylation is 1. The van der Waals surface area contributed by atoms with Crippen LogP contribution in [-0.2, 0) is 22.8 Å². The van der Waals surface area contributed by atoms with E-state index in [1.807, 2.05) is 105 Å². The number of carbonyl (C=O) groups excluding carboxylic acids is 2. The number of nitrogens with zero attached hydrogens (tertiary/aromatic N) is 2. The average Bonchev–Trinajstić information content (AvgIpc) is 3.28. The number of hydrogen-bond acceptors (Lipinski definition) is 6. The summed E-state index contributed by atoms with van der Waals surface area (Å²) in [5.74, 6) is -0.250. The van der Waals surface area contributed by atoms with Crippen molar-refractivity contribution < 1.29 is 24.2 Å². The minimum Gasteiger partial charge on any atom is -0.507 e. The van der Waals surface area contributed by atoms with Gasteiger partial charge in [-0.3, -0.25) is 9.59 Å². The van der Waals surface area contributed by atoms with E-state index in [4.69, 9.17) is 9.47 Å². The molecule has 4 aromatic rings. The predicted molar refractivity (Wildman–Crippen MR) is 167 cm³/mol. The number of aliphatic hydroxyl groups is 1. The van der Waals surface area contributed by atoms with Crippen molar-refractivity contribution >= 4 is 17.4 Å². The van der Waals surface area contributed by atoms with Crippen molar-refractivity contribution in [3.8, 4) is 11.5 Å². The number of hydrogen-bond donors (Lipinski definition) is 1. The van der Waals surface area contributed by atoms with Gasteiger partial charge in [0.1, 0.15) is 30.5 Å². The maximum absolute atomic E-state index is 13.4. The second-order valence-corrected chi connectivity index (χ2v) is 10.9. The van der Waals surface area contributed by atoms with Gasteiger partial charge in [0.25, 0.3) is 11.7 Å². The topological polar surface area (TPSA) is 79.3 Å². The Kier molecular flexibility index (Phi) is 9.23. The largest absolute Gasteiger partial charge is 0.507 e. The summed E-state index contributed by atoms with van der Waals surface area (Å²) in [6.07, 6.45) is 0. The monoisotopic (exact) mass is 576 g/mol. The number of ketones is 1. The van der Waals surface area contributed by atoms with E-state index >= 15 is 0 Å². The number of likely N-dealkylation sites (tertiary alicyclic amines) is 1. The highest BCUT2D eigenvalue weighted by Crippen LogP contribution is 2.40. The molecule has 5 rings (SSSR count). The molecule has 0 radical (unpaired) electrons. The van der Waals surface area contributed by atoms with Crippen molar-refractivity contribution in [3.05, 3.63) is 137 Å². The van der Waals surface area contributed by atoms with E-state index in [0.29, 0.717) is 48.9 Å². The summed E-state index contributed by atoms with van der Waals surface area (Å²) in [4.78, 5) is 30.1. The van der Waals surface area contributed by atoms with Crippen molar-refractivity contribution in [2.75, 3.05) is 27.2 Å². The molecule has 4 aromatic carbocycles. The summed E-state index contributed by atoms with van der Waals surface area (Å²) < 4.78 is 11.9. The van der Waals surface area contributed by atoms with Crippen LogP contribution < -0.4 is 9.47 Å². The minimum atomic E-state index is -0.736. The molecular weight excluding hydrogens is 540 g/mol. The van der Waals surface area contributed by atoms with Gasteiger partial charge in [-0.2, -0.15) is 0 Å². The van der Waals surface area contributed by atoms with Gasteiger partial charge in [-0.05, 0) is 79.7 Å². The fraction of sp³-hybridized carbons (Fsp3) is 0.222. The smallest absolute Gasteiger partial charge is 0.295 e. The minimum absolute atomic E-state index is 0.0651. The highest BCUT2D eigenvalue weighted by molar-refractivity contribution is 6.46. The molecule has 0 saturated carbocycles. The van der Waals surface area contributed by atoms with Crippen molar-refractivity contribution in [1.29, 1.82) is 0 Å². The van der Waals surface area contributed by atoms with Gasteiger partial charge in [-0.25, -0.2) is 0 Å². The molecule has 220 valence electrons. The first-order valence-corrected chi connectivity index (χ1v) is 14.3. The average molecular weight is 577 g/mol. The van der Waals surface area contributed by atoms with Crippen LogP contribution >= 0.6 is 0 Å². The number of aliphatic hydroxyl groups excluding tert-OH is 1. The summed E-state index contributed by atoms with van der Waals surface area (Å²) >= 11 is 0. The van der Waals surface area contributed by atoms with E-state index < -0.39 is 17.7 Å². The Hall–Kier alpha value is -4.88. The Balaban J connectivity index is 1.40. The third kappa shape index (κ3) is 6.96.